The van der Waals surface area contributed by atoms with Gasteiger partial charge in [0.1, 0.15) is 0 Å². The third kappa shape index (κ3) is 2.18. The van der Waals surface area contributed by atoms with E-state index >= 15 is 0 Å². The average molecular weight is 219 g/mol. The van der Waals surface area contributed by atoms with Crippen LogP contribution in [0.5, 0.6) is 0 Å². The minimum absolute atomic E-state index is 0.194. The molecule has 4 nitrogen and oxygen atoms in total. The van der Waals surface area contributed by atoms with Gasteiger partial charge >= 0.3 is 0 Å². The van der Waals surface area contributed by atoms with Crippen molar-refractivity contribution in [3.8, 4) is 0 Å². The van der Waals surface area contributed by atoms with Crippen molar-refractivity contribution in [2.24, 2.45) is 0 Å². The molecule has 0 saturated carbocycles. The third-order valence-corrected chi connectivity index (χ3v) is 1.80. The van der Waals surface area contributed by atoms with Crippen LogP contribution in [0.4, 0.5) is 4.39 Å². The van der Waals surface area contributed by atoms with Gasteiger partial charge in [0.2, 0.25) is 5.95 Å². The molecule has 1 rings (SSSR count). The first-order valence-corrected chi connectivity index (χ1v) is 4.07. The molecule has 0 atom stereocenters. The molecule has 76 valence electrons. The first-order chi connectivity index (χ1) is 6.56. The molecule has 0 spiro atoms. The van der Waals surface area contributed by atoms with E-state index in [0.717, 1.165) is 11.3 Å². The topological polar surface area (TPSA) is 42.4 Å². The Morgan fingerprint density at radius 3 is 2.93 bits per heavy atom. The van der Waals surface area contributed by atoms with Crippen molar-refractivity contribution in [3.05, 3.63) is 28.8 Å². The summed E-state index contributed by atoms with van der Waals surface area (Å²) in [5.74, 6) is -1.51. The fourth-order valence-electron chi connectivity index (χ4n) is 0.825. The Balaban J connectivity index is 3.06. The lowest BCUT2D eigenvalue weighted by Gasteiger charge is -2.13. The zero-order valence-electron chi connectivity index (χ0n) is 7.62. The summed E-state index contributed by atoms with van der Waals surface area (Å²) in [4.78, 5) is 19.3. The highest BCUT2D eigenvalue weighted by atomic mass is 35.5. The number of nitrogens with zero attached hydrogens (tertiary/aromatic N) is 2. The van der Waals surface area contributed by atoms with Gasteiger partial charge in [0.25, 0.3) is 5.91 Å². The van der Waals surface area contributed by atoms with Crippen molar-refractivity contribution in [2.75, 3.05) is 14.2 Å². The molecule has 1 heterocycles. The molecule has 0 aliphatic heterocycles. The van der Waals surface area contributed by atoms with Crippen LogP contribution in [0.15, 0.2) is 12.3 Å². The predicted molar refractivity (Wildman–Crippen MR) is 48.3 cm³/mol. The Morgan fingerprint density at radius 2 is 2.36 bits per heavy atom. The number of carbonyl (C=O) groups excluding carboxylic acids is 1. The van der Waals surface area contributed by atoms with Gasteiger partial charge in [-0.15, -0.1) is 0 Å². The average Bonchev–Trinajstić information content (AvgIpc) is 2.19. The van der Waals surface area contributed by atoms with Crippen LogP contribution in [0, 0.1) is 5.95 Å². The van der Waals surface area contributed by atoms with E-state index in [1.54, 1.807) is 0 Å². The largest absolute Gasteiger partial charge is 0.281 e. The predicted octanol–water partition coefficient (Wildman–Crippen LogP) is 1.51. The van der Waals surface area contributed by atoms with Crippen LogP contribution in [-0.4, -0.2) is 30.1 Å². The maximum absolute atomic E-state index is 13.0. The van der Waals surface area contributed by atoms with Gasteiger partial charge in [-0.3, -0.25) is 9.63 Å². The van der Waals surface area contributed by atoms with E-state index in [1.807, 2.05) is 0 Å². The first-order valence-electron chi connectivity index (χ1n) is 3.69. The minimum Gasteiger partial charge on any atom is -0.274 e. The number of hydrogen-bond donors (Lipinski definition) is 0. The van der Waals surface area contributed by atoms with E-state index in [2.05, 4.69) is 9.82 Å². The fourth-order valence-corrected chi connectivity index (χ4v) is 0.983. The molecule has 1 aromatic heterocycles. The molecule has 0 fully saturated rings. The lowest BCUT2D eigenvalue weighted by Crippen LogP contribution is -2.26. The Morgan fingerprint density at radius 1 is 1.71 bits per heavy atom. The summed E-state index contributed by atoms with van der Waals surface area (Å²) >= 11 is 5.57. The summed E-state index contributed by atoms with van der Waals surface area (Å²) in [5, 5.41) is 1.08. The number of halogens is 2. The Labute approximate surface area is 85.2 Å². The molecule has 0 aromatic carbocycles. The van der Waals surface area contributed by atoms with Crippen molar-refractivity contribution >= 4 is 17.5 Å². The van der Waals surface area contributed by atoms with Gasteiger partial charge in [-0.1, -0.05) is 11.6 Å². The molecule has 0 saturated heterocycles. The number of amides is 1. The van der Waals surface area contributed by atoms with E-state index in [9.17, 15) is 9.18 Å². The highest BCUT2D eigenvalue weighted by Crippen LogP contribution is 2.13. The number of hydroxylamine groups is 2. The standard InChI is InChI=1S/C8H8ClFN2O2/c1-12(14-2)8(13)6-3-5(9)4-11-7(6)10/h3-4H,1-2H3. The number of aromatic nitrogens is 1. The smallest absolute Gasteiger partial charge is 0.274 e. The van der Waals surface area contributed by atoms with Gasteiger partial charge in [0.05, 0.1) is 17.7 Å². The van der Waals surface area contributed by atoms with E-state index < -0.39 is 11.9 Å². The number of rotatable bonds is 2. The van der Waals surface area contributed by atoms with Gasteiger partial charge in [-0.2, -0.15) is 4.39 Å². The second kappa shape index (κ2) is 4.34. The first kappa shape index (κ1) is 10.9. The van der Waals surface area contributed by atoms with Crippen molar-refractivity contribution in [2.45, 2.75) is 0 Å². The van der Waals surface area contributed by atoms with Gasteiger partial charge in [0.15, 0.2) is 0 Å². The molecular formula is C8H8ClFN2O2. The van der Waals surface area contributed by atoms with Crippen LogP contribution < -0.4 is 0 Å². The fraction of sp³-hybridized carbons (Fsp3) is 0.250. The maximum atomic E-state index is 13.0. The molecule has 0 aliphatic rings. The van der Waals surface area contributed by atoms with Crippen molar-refractivity contribution in [1.29, 1.82) is 0 Å². The zero-order valence-corrected chi connectivity index (χ0v) is 8.38. The highest BCUT2D eigenvalue weighted by Gasteiger charge is 2.17. The molecule has 6 heteroatoms. The minimum atomic E-state index is -0.872. The molecule has 0 bridgehead atoms. The molecule has 0 aliphatic carbocycles. The molecule has 1 aromatic rings. The normalized spacial score (nSPS) is 10.0. The Bertz CT molecular complexity index is 359. The molecular weight excluding hydrogens is 211 g/mol. The lowest BCUT2D eigenvalue weighted by atomic mass is 10.2. The monoisotopic (exact) mass is 218 g/mol. The van der Waals surface area contributed by atoms with Crippen molar-refractivity contribution in [1.82, 2.24) is 10.0 Å². The van der Waals surface area contributed by atoms with Gasteiger partial charge in [-0.25, -0.2) is 10.0 Å². The summed E-state index contributed by atoms with van der Waals surface area (Å²) in [5.41, 5.74) is -0.221. The molecule has 1 amide bonds. The van der Waals surface area contributed by atoms with E-state index in [0.29, 0.717) is 0 Å². The van der Waals surface area contributed by atoms with E-state index in [4.69, 9.17) is 11.6 Å². The Hall–Kier alpha value is -1.20. The quantitative estimate of drug-likeness (QED) is 0.558. The van der Waals surface area contributed by atoms with Crippen LogP contribution in [0.3, 0.4) is 0 Å². The number of hydrogen-bond acceptors (Lipinski definition) is 3. The second-order valence-electron chi connectivity index (χ2n) is 2.48. The molecule has 0 unspecified atom stereocenters. The number of pyridine rings is 1. The van der Waals surface area contributed by atoms with Gasteiger partial charge in [0, 0.05) is 13.2 Å². The zero-order chi connectivity index (χ0) is 10.7. The van der Waals surface area contributed by atoms with Crippen LogP contribution in [0.1, 0.15) is 10.4 Å². The summed E-state index contributed by atoms with van der Waals surface area (Å²) in [6.07, 6.45) is 1.13. The van der Waals surface area contributed by atoms with Crippen LogP contribution in [0.25, 0.3) is 0 Å². The third-order valence-electron chi connectivity index (χ3n) is 1.60. The summed E-state index contributed by atoms with van der Waals surface area (Å²) < 4.78 is 13.0. The molecule has 14 heavy (non-hydrogen) atoms. The summed E-state index contributed by atoms with van der Waals surface area (Å²) in [6.45, 7) is 0. The molecule has 0 radical (unpaired) electrons. The van der Waals surface area contributed by atoms with Crippen molar-refractivity contribution < 1.29 is 14.0 Å². The highest BCUT2D eigenvalue weighted by molar-refractivity contribution is 6.30. The van der Waals surface area contributed by atoms with Gasteiger partial charge in [-0.05, 0) is 6.07 Å². The lowest BCUT2D eigenvalue weighted by molar-refractivity contribution is -0.0760. The summed E-state index contributed by atoms with van der Waals surface area (Å²) in [6, 6.07) is 1.20. The van der Waals surface area contributed by atoms with Crippen LogP contribution >= 0.6 is 11.6 Å². The number of carbonyl (C=O) groups is 1. The Kier molecular flexibility index (Phi) is 3.38. The SMILES string of the molecule is CON(C)C(=O)c1cc(Cl)cnc1F. The second-order valence-corrected chi connectivity index (χ2v) is 2.91. The van der Waals surface area contributed by atoms with E-state index in [1.165, 1.54) is 20.2 Å². The van der Waals surface area contributed by atoms with Crippen LogP contribution in [-0.2, 0) is 4.84 Å². The summed E-state index contributed by atoms with van der Waals surface area (Å²) in [7, 11) is 2.66. The van der Waals surface area contributed by atoms with Crippen LogP contribution in [0.2, 0.25) is 5.02 Å². The van der Waals surface area contributed by atoms with Gasteiger partial charge < -0.3 is 0 Å². The molecule has 0 N–H and O–H groups in total. The van der Waals surface area contributed by atoms with E-state index in [-0.39, 0.29) is 10.6 Å². The maximum Gasteiger partial charge on any atom is 0.281 e. The van der Waals surface area contributed by atoms with Crippen molar-refractivity contribution in [3.63, 3.8) is 0 Å².